The first-order valence-corrected chi connectivity index (χ1v) is 7.88. The minimum Gasteiger partial charge on any atom is -0.376 e. The Bertz CT molecular complexity index is 667. The van der Waals surface area contributed by atoms with Crippen molar-refractivity contribution in [1.29, 1.82) is 0 Å². The Morgan fingerprint density at radius 1 is 1.11 bits per heavy atom. The topological polar surface area (TPSA) is 43.4 Å². The number of hydrogen-bond donors (Lipinski definition) is 0. The molecule has 0 aromatic heterocycles. The molecular formula is C15H16O3S. The van der Waals surface area contributed by atoms with Gasteiger partial charge in [0.1, 0.15) is 0 Å². The monoisotopic (exact) mass is 276 g/mol. The molecule has 0 saturated carbocycles. The Morgan fingerprint density at radius 2 is 1.84 bits per heavy atom. The van der Waals surface area contributed by atoms with Crippen LogP contribution in [-0.2, 0) is 14.6 Å². The van der Waals surface area contributed by atoms with Gasteiger partial charge in [0.2, 0.25) is 9.84 Å². The summed E-state index contributed by atoms with van der Waals surface area (Å²) in [5, 5.41) is 0. The fourth-order valence-corrected chi connectivity index (χ4v) is 4.31. The zero-order chi connectivity index (χ0) is 13.5. The van der Waals surface area contributed by atoms with Gasteiger partial charge in [0.25, 0.3) is 0 Å². The average molecular weight is 276 g/mol. The van der Waals surface area contributed by atoms with Crippen molar-refractivity contribution >= 4 is 9.84 Å². The number of fused-ring (bicyclic) bond motifs is 1. The van der Waals surface area contributed by atoms with E-state index in [1.165, 1.54) is 5.57 Å². The summed E-state index contributed by atoms with van der Waals surface area (Å²) in [5.41, 5.74) is 3.32. The molecule has 0 unspecified atom stereocenters. The molecule has 0 bridgehead atoms. The van der Waals surface area contributed by atoms with Crippen molar-refractivity contribution in [3.05, 3.63) is 52.0 Å². The molecule has 0 spiro atoms. The summed E-state index contributed by atoms with van der Waals surface area (Å²) in [7, 11) is -3.37. The first-order chi connectivity index (χ1) is 9.10. The van der Waals surface area contributed by atoms with E-state index in [1.54, 1.807) is 24.3 Å². The predicted molar refractivity (Wildman–Crippen MR) is 73.4 cm³/mol. The number of sulfone groups is 1. The number of hydrogen-bond acceptors (Lipinski definition) is 3. The van der Waals surface area contributed by atoms with Crippen LogP contribution in [0.15, 0.2) is 56.9 Å². The normalized spacial score (nSPS) is 19.8. The van der Waals surface area contributed by atoms with Gasteiger partial charge in [-0.3, -0.25) is 0 Å². The number of ether oxygens (including phenoxy) is 1. The Hall–Kier alpha value is -1.39. The SMILES string of the molecule is CC1=C2COCCC(S(=O)(=O)c3ccccc3)=C2C1. The number of allylic oxidation sites excluding steroid dienone is 1. The minimum atomic E-state index is -3.37. The third-order valence-corrected chi connectivity index (χ3v) is 5.75. The van der Waals surface area contributed by atoms with Crippen LogP contribution in [0.5, 0.6) is 0 Å². The molecule has 100 valence electrons. The Labute approximate surface area is 113 Å². The van der Waals surface area contributed by atoms with Crippen molar-refractivity contribution in [3.63, 3.8) is 0 Å². The van der Waals surface area contributed by atoms with Crippen molar-refractivity contribution in [2.24, 2.45) is 0 Å². The van der Waals surface area contributed by atoms with Crippen LogP contribution in [0.1, 0.15) is 19.8 Å². The summed E-state index contributed by atoms with van der Waals surface area (Å²) < 4.78 is 30.9. The van der Waals surface area contributed by atoms with Crippen molar-refractivity contribution in [3.8, 4) is 0 Å². The molecule has 19 heavy (non-hydrogen) atoms. The quantitative estimate of drug-likeness (QED) is 0.834. The van der Waals surface area contributed by atoms with Gasteiger partial charge in [-0.25, -0.2) is 8.42 Å². The van der Waals surface area contributed by atoms with Crippen LogP contribution in [0.2, 0.25) is 0 Å². The zero-order valence-corrected chi connectivity index (χ0v) is 11.7. The molecule has 0 N–H and O–H groups in total. The lowest BCUT2D eigenvalue weighted by Gasteiger charge is -2.25. The van der Waals surface area contributed by atoms with E-state index < -0.39 is 9.84 Å². The highest BCUT2D eigenvalue weighted by Crippen LogP contribution is 2.41. The van der Waals surface area contributed by atoms with E-state index in [4.69, 9.17) is 4.74 Å². The molecule has 0 fully saturated rings. The minimum absolute atomic E-state index is 0.378. The van der Waals surface area contributed by atoms with Gasteiger partial charge in [0.15, 0.2) is 0 Å². The second-order valence-corrected chi connectivity index (χ2v) is 6.93. The zero-order valence-electron chi connectivity index (χ0n) is 10.8. The van der Waals surface area contributed by atoms with Crippen LogP contribution in [0, 0.1) is 0 Å². The summed E-state index contributed by atoms with van der Waals surface area (Å²) >= 11 is 0. The van der Waals surface area contributed by atoms with Crippen LogP contribution in [-0.4, -0.2) is 21.6 Å². The molecule has 0 saturated heterocycles. The third-order valence-electron chi connectivity index (χ3n) is 3.76. The summed E-state index contributed by atoms with van der Waals surface area (Å²) in [6.07, 6.45) is 1.25. The van der Waals surface area contributed by atoms with Crippen LogP contribution in [0.3, 0.4) is 0 Å². The molecule has 2 aliphatic rings. The second kappa shape index (κ2) is 4.62. The first kappa shape index (κ1) is 12.6. The molecule has 0 amide bonds. The van der Waals surface area contributed by atoms with Gasteiger partial charge in [0, 0.05) is 6.42 Å². The van der Waals surface area contributed by atoms with E-state index in [1.807, 2.05) is 13.0 Å². The number of rotatable bonds is 2. The van der Waals surface area contributed by atoms with E-state index in [0.717, 1.165) is 17.6 Å². The first-order valence-electron chi connectivity index (χ1n) is 6.39. The van der Waals surface area contributed by atoms with Crippen molar-refractivity contribution < 1.29 is 13.2 Å². The molecule has 1 aromatic rings. The largest absolute Gasteiger partial charge is 0.376 e. The molecule has 4 heteroatoms. The lowest BCUT2D eigenvalue weighted by atomic mass is 9.84. The maximum absolute atomic E-state index is 12.7. The molecule has 1 aliphatic heterocycles. The Balaban J connectivity index is 2.12. The highest BCUT2D eigenvalue weighted by molar-refractivity contribution is 7.95. The Morgan fingerprint density at radius 3 is 2.53 bits per heavy atom. The van der Waals surface area contributed by atoms with E-state index in [-0.39, 0.29) is 0 Å². The van der Waals surface area contributed by atoms with E-state index in [2.05, 4.69) is 0 Å². The average Bonchev–Trinajstić information content (AvgIpc) is 2.58. The predicted octanol–water partition coefficient (Wildman–Crippen LogP) is 2.85. The Kier molecular flexibility index (Phi) is 3.07. The maximum atomic E-state index is 12.7. The highest BCUT2D eigenvalue weighted by atomic mass is 32.2. The third kappa shape index (κ3) is 2.05. The van der Waals surface area contributed by atoms with Gasteiger partial charge >= 0.3 is 0 Å². The lowest BCUT2D eigenvalue weighted by Crippen LogP contribution is -2.15. The van der Waals surface area contributed by atoms with Crippen LogP contribution in [0.25, 0.3) is 0 Å². The van der Waals surface area contributed by atoms with Gasteiger partial charge in [-0.05, 0) is 36.6 Å². The van der Waals surface area contributed by atoms with Gasteiger partial charge < -0.3 is 4.74 Å². The molecule has 1 aliphatic carbocycles. The fraction of sp³-hybridized carbons (Fsp3) is 0.333. The molecule has 0 atom stereocenters. The molecule has 3 rings (SSSR count). The molecule has 3 nitrogen and oxygen atoms in total. The molecule has 1 heterocycles. The molecule has 0 radical (unpaired) electrons. The molecular weight excluding hydrogens is 260 g/mol. The van der Waals surface area contributed by atoms with E-state index in [0.29, 0.717) is 29.4 Å². The molecule has 1 aromatic carbocycles. The smallest absolute Gasteiger partial charge is 0.203 e. The van der Waals surface area contributed by atoms with Crippen molar-refractivity contribution in [2.75, 3.05) is 13.2 Å². The van der Waals surface area contributed by atoms with Crippen molar-refractivity contribution in [1.82, 2.24) is 0 Å². The standard InChI is InChI=1S/C15H16O3S/c1-11-9-13-14(11)10-18-8-7-15(13)19(16,17)12-5-3-2-4-6-12/h2-6H,7-10H2,1H3. The summed E-state index contributed by atoms with van der Waals surface area (Å²) in [5.74, 6) is 0. The van der Waals surface area contributed by atoms with Gasteiger partial charge in [-0.1, -0.05) is 23.8 Å². The summed E-state index contributed by atoms with van der Waals surface area (Å²) in [6.45, 7) is 3.07. The van der Waals surface area contributed by atoms with Crippen molar-refractivity contribution in [2.45, 2.75) is 24.7 Å². The van der Waals surface area contributed by atoms with Crippen LogP contribution >= 0.6 is 0 Å². The maximum Gasteiger partial charge on any atom is 0.203 e. The van der Waals surface area contributed by atoms with E-state index in [9.17, 15) is 8.42 Å². The van der Waals surface area contributed by atoms with Crippen LogP contribution in [0.4, 0.5) is 0 Å². The number of benzene rings is 1. The van der Waals surface area contributed by atoms with Gasteiger partial charge in [0.05, 0.1) is 23.0 Å². The van der Waals surface area contributed by atoms with E-state index >= 15 is 0 Å². The van der Waals surface area contributed by atoms with Gasteiger partial charge in [-0.2, -0.15) is 0 Å². The second-order valence-electron chi connectivity index (χ2n) is 4.96. The summed E-state index contributed by atoms with van der Waals surface area (Å²) in [6, 6.07) is 8.65. The lowest BCUT2D eigenvalue weighted by molar-refractivity contribution is 0.164. The highest BCUT2D eigenvalue weighted by Gasteiger charge is 2.32. The fourth-order valence-electron chi connectivity index (χ4n) is 2.64. The summed E-state index contributed by atoms with van der Waals surface area (Å²) in [4.78, 5) is 0.931. The van der Waals surface area contributed by atoms with Gasteiger partial charge in [-0.15, -0.1) is 0 Å². The van der Waals surface area contributed by atoms with Crippen LogP contribution < -0.4 is 0 Å².